The Hall–Kier alpha value is -0.290. The van der Waals surface area contributed by atoms with Crippen LogP contribution in [0.15, 0.2) is 0 Å². The molecule has 0 saturated carbocycles. The molecule has 1 aliphatic heterocycles. The molecule has 1 fully saturated rings. The second kappa shape index (κ2) is 3.22. The molecule has 0 spiro atoms. The monoisotopic (exact) mass is 182 g/mol. The molecule has 1 saturated heterocycles. The highest BCUT2D eigenvalue weighted by Gasteiger charge is 2.46. The molecule has 0 aromatic rings. The van der Waals surface area contributed by atoms with E-state index < -0.39 is 12.2 Å². The first-order chi connectivity index (χ1) is 5.43. The lowest BCUT2D eigenvalue weighted by molar-refractivity contribution is -0.185. The van der Waals surface area contributed by atoms with E-state index >= 15 is 0 Å². The summed E-state index contributed by atoms with van der Waals surface area (Å²) in [4.78, 5) is 0. The van der Waals surface area contributed by atoms with E-state index in [9.17, 15) is 13.2 Å². The van der Waals surface area contributed by atoms with Crippen LogP contribution in [-0.2, 0) is 0 Å². The molecular weight excluding hydrogens is 169 g/mol. The van der Waals surface area contributed by atoms with Gasteiger partial charge >= 0.3 is 6.18 Å². The number of nitrogens with one attached hydrogen (secondary N) is 1. The Morgan fingerprint density at radius 3 is 2.33 bits per heavy atom. The van der Waals surface area contributed by atoms with Crippen molar-refractivity contribution in [2.45, 2.75) is 38.5 Å². The summed E-state index contributed by atoms with van der Waals surface area (Å²) in [6.45, 7) is 3.91. The molecule has 1 aliphatic rings. The van der Waals surface area contributed by atoms with E-state index in [1.54, 1.807) is 13.8 Å². The van der Waals surface area contributed by atoms with Crippen LogP contribution in [0.2, 0.25) is 0 Å². The highest BCUT2D eigenvalue weighted by molar-refractivity contribution is 4.84. The number of nitrogens with zero attached hydrogens (tertiary/aromatic N) is 1. The van der Waals surface area contributed by atoms with Gasteiger partial charge in [-0.2, -0.15) is 13.2 Å². The van der Waals surface area contributed by atoms with Crippen LogP contribution in [0, 0.1) is 0 Å². The SMILES string of the molecule is CC(C)N1NCCC1C(F)(F)F. The zero-order valence-electron chi connectivity index (χ0n) is 7.15. The first-order valence-corrected chi connectivity index (χ1v) is 4.01. The molecule has 0 amide bonds. The minimum atomic E-state index is -4.10. The lowest BCUT2D eigenvalue weighted by atomic mass is 10.2. The third-order valence-corrected chi connectivity index (χ3v) is 1.98. The maximum absolute atomic E-state index is 12.3. The molecule has 0 bridgehead atoms. The van der Waals surface area contributed by atoms with Gasteiger partial charge in [-0.1, -0.05) is 0 Å². The van der Waals surface area contributed by atoms with Crippen LogP contribution >= 0.6 is 0 Å². The zero-order valence-corrected chi connectivity index (χ0v) is 7.15. The van der Waals surface area contributed by atoms with Gasteiger partial charge in [-0.25, -0.2) is 5.01 Å². The molecule has 0 radical (unpaired) electrons. The number of rotatable bonds is 1. The maximum atomic E-state index is 12.3. The van der Waals surface area contributed by atoms with Crippen LogP contribution in [0.1, 0.15) is 20.3 Å². The predicted octanol–water partition coefficient (Wildman–Crippen LogP) is 1.54. The summed E-state index contributed by atoms with van der Waals surface area (Å²) in [5, 5.41) is 1.28. The minimum Gasteiger partial charge on any atom is -0.254 e. The molecule has 1 atom stereocenters. The number of hydrazine groups is 1. The zero-order chi connectivity index (χ0) is 9.35. The molecular formula is C7H13F3N2. The minimum absolute atomic E-state index is 0.112. The van der Waals surface area contributed by atoms with Crippen LogP contribution in [0.5, 0.6) is 0 Å². The maximum Gasteiger partial charge on any atom is 0.405 e. The molecule has 1 rings (SSSR count). The summed E-state index contributed by atoms with van der Waals surface area (Å²) < 4.78 is 36.9. The van der Waals surface area contributed by atoms with E-state index in [0.717, 1.165) is 0 Å². The van der Waals surface area contributed by atoms with Gasteiger partial charge in [0.05, 0.1) is 0 Å². The average Bonchev–Trinajstić information content (AvgIpc) is 2.30. The molecule has 72 valence electrons. The molecule has 1 heterocycles. The van der Waals surface area contributed by atoms with Crippen molar-refractivity contribution in [1.82, 2.24) is 10.4 Å². The van der Waals surface area contributed by atoms with E-state index in [2.05, 4.69) is 5.43 Å². The Bertz CT molecular complexity index is 155. The fourth-order valence-corrected chi connectivity index (χ4v) is 1.44. The normalized spacial score (nSPS) is 27.0. The summed E-state index contributed by atoms with van der Waals surface area (Å²) in [7, 11) is 0. The van der Waals surface area contributed by atoms with Crippen molar-refractivity contribution in [3.63, 3.8) is 0 Å². The van der Waals surface area contributed by atoms with Crippen molar-refractivity contribution in [1.29, 1.82) is 0 Å². The fourth-order valence-electron chi connectivity index (χ4n) is 1.44. The van der Waals surface area contributed by atoms with Crippen molar-refractivity contribution < 1.29 is 13.2 Å². The Labute approximate surface area is 69.7 Å². The Morgan fingerprint density at radius 2 is 2.00 bits per heavy atom. The molecule has 0 aliphatic carbocycles. The van der Waals surface area contributed by atoms with Crippen molar-refractivity contribution in [3.05, 3.63) is 0 Å². The van der Waals surface area contributed by atoms with Crippen LogP contribution < -0.4 is 5.43 Å². The Balaban J connectivity index is 2.64. The van der Waals surface area contributed by atoms with E-state index in [1.807, 2.05) is 0 Å². The topological polar surface area (TPSA) is 15.3 Å². The van der Waals surface area contributed by atoms with Crippen molar-refractivity contribution in [2.75, 3.05) is 6.54 Å². The number of alkyl halides is 3. The quantitative estimate of drug-likeness (QED) is 0.661. The van der Waals surface area contributed by atoms with E-state index in [0.29, 0.717) is 6.54 Å². The first-order valence-electron chi connectivity index (χ1n) is 4.01. The van der Waals surface area contributed by atoms with E-state index in [1.165, 1.54) is 5.01 Å². The molecule has 0 aromatic heterocycles. The van der Waals surface area contributed by atoms with Gasteiger partial charge in [0.2, 0.25) is 0 Å². The standard InChI is InChI=1S/C7H13F3N2/c1-5(2)12-6(3-4-11-12)7(8,9)10/h5-6,11H,3-4H2,1-2H3. The molecule has 2 nitrogen and oxygen atoms in total. The summed E-state index contributed by atoms with van der Waals surface area (Å²) >= 11 is 0. The lowest BCUT2D eigenvalue weighted by Gasteiger charge is -2.29. The number of hydrogen-bond acceptors (Lipinski definition) is 2. The molecule has 1 unspecified atom stereocenters. The first kappa shape index (κ1) is 9.80. The lowest BCUT2D eigenvalue weighted by Crippen LogP contribution is -2.49. The van der Waals surface area contributed by atoms with Crippen LogP contribution in [-0.4, -0.2) is 29.8 Å². The Kier molecular flexibility index (Phi) is 2.63. The summed E-state index contributed by atoms with van der Waals surface area (Å²) in [6.07, 6.45) is -3.95. The van der Waals surface area contributed by atoms with Gasteiger partial charge in [0.15, 0.2) is 0 Å². The predicted molar refractivity (Wildman–Crippen MR) is 39.4 cm³/mol. The second-order valence-electron chi connectivity index (χ2n) is 3.26. The highest BCUT2D eigenvalue weighted by Crippen LogP contribution is 2.29. The summed E-state index contributed by atoms with van der Waals surface area (Å²) in [5.41, 5.74) is 2.73. The molecule has 5 heteroatoms. The van der Waals surface area contributed by atoms with E-state index in [4.69, 9.17) is 0 Å². The van der Waals surface area contributed by atoms with Crippen LogP contribution in [0.25, 0.3) is 0 Å². The van der Waals surface area contributed by atoms with Crippen molar-refractivity contribution >= 4 is 0 Å². The van der Waals surface area contributed by atoms with Gasteiger partial charge in [-0.15, -0.1) is 0 Å². The second-order valence-corrected chi connectivity index (χ2v) is 3.26. The van der Waals surface area contributed by atoms with Gasteiger partial charge in [0.1, 0.15) is 6.04 Å². The number of halogens is 3. The van der Waals surface area contributed by atoms with Crippen molar-refractivity contribution in [3.8, 4) is 0 Å². The van der Waals surface area contributed by atoms with Gasteiger partial charge in [0, 0.05) is 12.6 Å². The van der Waals surface area contributed by atoms with Gasteiger partial charge in [-0.05, 0) is 20.3 Å². The third kappa shape index (κ3) is 1.90. The fraction of sp³-hybridized carbons (Fsp3) is 1.00. The van der Waals surface area contributed by atoms with Gasteiger partial charge in [-0.3, -0.25) is 5.43 Å². The van der Waals surface area contributed by atoms with Crippen LogP contribution in [0.3, 0.4) is 0 Å². The number of hydrogen-bond donors (Lipinski definition) is 1. The summed E-state index contributed by atoms with van der Waals surface area (Å²) in [5.74, 6) is 0. The molecule has 1 N–H and O–H groups in total. The smallest absolute Gasteiger partial charge is 0.254 e. The largest absolute Gasteiger partial charge is 0.405 e. The van der Waals surface area contributed by atoms with Crippen molar-refractivity contribution in [2.24, 2.45) is 0 Å². The third-order valence-electron chi connectivity index (χ3n) is 1.98. The Morgan fingerprint density at radius 1 is 1.42 bits per heavy atom. The molecule has 0 aromatic carbocycles. The summed E-state index contributed by atoms with van der Waals surface area (Å²) in [6, 6.07) is -1.42. The highest BCUT2D eigenvalue weighted by atomic mass is 19.4. The molecule has 12 heavy (non-hydrogen) atoms. The van der Waals surface area contributed by atoms with E-state index in [-0.39, 0.29) is 12.5 Å². The van der Waals surface area contributed by atoms with Crippen LogP contribution in [0.4, 0.5) is 13.2 Å². The van der Waals surface area contributed by atoms with Gasteiger partial charge < -0.3 is 0 Å². The average molecular weight is 182 g/mol. The van der Waals surface area contributed by atoms with Gasteiger partial charge in [0.25, 0.3) is 0 Å².